The molecule has 0 aliphatic carbocycles. The van der Waals surface area contributed by atoms with E-state index in [1.54, 1.807) is 11.1 Å². The van der Waals surface area contributed by atoms with Crippen molar-refractivity contribution in [2.75, 3.05) is 17.5 Å². The SMILES string of the molecule is CCC/C=N\OCN(C(=O)CCl)c1c(C)cccc1CCCCCC. The largest absolute Gasteiger partial charge is 0.374 e. The summed E-state index contributed by atoms with van der Waals surface area (Å²) in [6.45, 7) is 6.38. The van der Waals surface area contributed by atoms with Crippen LogP contribution in [0.25, 0.3) is 0 Å². The summed E-state index contributed by atoms with van der Waals surface area (Å²) in [6.07, 6.45) is 9.30. The molecule has 0 N–H and O–H groups in total. The molecule has 1 aromatic carbocycles. The van der Waals surface area contributed by atoms with Gasteiger partial charge >= 0.3 is 0 Å². The van der Waals surface area contributed by atoms with Crippen molar-refractivity contribution in [2.24, 2.45) is 5.16 Å². The highest BCUT2D eigenvalue weighted by molar-refractivity contribution is 6.29. The van der Waals surface area contributed by atoms with Crippen molar-refractivity contribution in [3.05, 3.63) is 29.3 Å². The minimum absolute atomic E-state index is 0.0777. The van der Waals surface area contributed by atoms with E-state index in [2.05, 4.69) is 25.1 Å². The Morgan fingerprint density at radius 3 is 2.72 bits per heavy atom. The van der Waals surface area contributed by atoms with Crippen molar-refractivity contribution in [2.45, 2.75) is 65.7 Å². The molecule has 0 aromatic heterocycles. The molecule has 0 aliphatic heterocycles. The number of anilines is 1. The van der Waals surface area contributed by atoms with Gasteiger partial charge in [-0.3, -0.25) is 9.69 Å². The summed E-state index contributed by atoms with van der Waals surface area (Å²) in [5.74, 6) is -0.248. The number of unbranched alkanes of at least 4 members (excludes halogenated alkanes) is 4. The number of alkyl halides is 1. The summed E-state index contributed by atoms with van der Waals surface area (Å²) in [5, 5.41) is 3.93. The van der Waals surface area contributed by atoms with Gasteiger partial charge in [0.05, 0.1) is 5.69 Å². The van der Waals surface area contributed by atoms with Crippen LogP contribution in [0, 0.1) is 6.92 Å². The molecule has 25 heavy (non-hydrogen) atoms. The normalized spacial score (nSPS) is 11.0. The van der Waals surface area contributed by atoms with E-state index >= 15 is 0 Å². The number of aryl methyl sites for hydroxylation is 2. The van der Waals surface area contributed by atoms with Gasteiger partial charge in [0.2, 0.25) is 5.91 Å². The number of hydrogen-bond donors (Lipinski definition) is 0. The smallest absolute Gasteiger partial charge is 0.244 e. The molecular formula is C20H31ClN2O2. The maximum Gasteiger partial charge on any atom is 0.244 e. The van der Waals surface area contributed by atoms with E-state index in [-0.39, 0.29) is 18.5 Å². The predicted molar refractivity (Wildman–Crippen MR) is 107 cm³/mol. The van der Waals surface area contributed by atoms with E-state index in [0.29, 0.717) is 0 Å². The Balaban J connectivity index is 2.93. The molecule has 0 radical (unpaired) electrons. The second-order valence-corrected chi connectivity index (χ2v) is 6.45. The number of amides is 1. The van der Waals surface area contributed by atoms with E-state index in [0.717, 1.165) is 42.5 Å². The Labute approximate surface area is 157 Å². The van der Waals surface area contributed by atoms with Gasteiger partial charge in [-0.05, 0) is 37.3 Å². The lowest BCUT2D eigenvalue weighted by molar-refractivity contribution is -0.117. The Bertz CT molecular complexity index is 546. The van der Waals surface area contributed by atoms with Gasteiger partial charge < -0.3 is 4.84 Å². The Morgan fingerprint density at radius 1 is 1.24 bits per heavy atom. The van der Waals surface area contributed by atoms with Gasteiger partial charge in [-0.1, -0.05) is 62.9 Å². The maximum absolute atomic E-state index is 12.4. The van der Waals surface area contributed by atoms with E-state index in [4.69, 9.17) is 16.4 Å². The van der Waals surface area contributed by atoms with Crippen LogP contribution in [-0.4, -0.2) is 24.7 Å². The minimum Gasteiger partial charge on any atom is -0.374 e. The summed E-state index contributed by atoms with van der Waals surface area (Å²) >= 11 is 5.82. The van der Waals surface area contributed by atoms with Crippen LogP contribution in [0.3, 0.4) is 0 Å². The van der Waals surface area contributed by atoms with Crippen molar-refractivity contribution >= 4 is 29.4 Å². The molecule has 0 spiro atoms. The molecule has 0 unspecified atom stereocenters. The van der Waals surface area contributed by atoms with Gasteiger partial charge in [0.1, 0.15) is 5.88 Å². The second kappa shape index (κ2) is 12.8. The lowest BCUT2D eigenvalue weighted by Crippen LogP contribution is -2.35. The zero-order chi connectivity index (χ0) is 18.5. The number of benzene rings is 1. The van der Waals surface area contributed by atoms with Crippen molar-refractivity contribution < 1.29 is 9.63 Å². The van der Waals surface area contributed by atoms with E-state index in [9.17, 15) is 4.79 Å². The Morgan fingerprint density at radius 2 is 2.04 bits per heavy atom. The number of carbonyl (C=O) groups excluding carboxylic acids is 1. The fraction of sp³-hybridized carbons (Fsp3) is 0.600. The number of carbonyl (C=O) groups is 1. The van der Waals surface area contributed by atoms with Crippen molar-refractivity contribution in [3.63, 3.8) is 0 Å². The first-order chi connectivity index (χ1) is 12.2. The number of para-hydroxylation sites is 1. The van der Waals surface area contributed by atoms with Gasteiger partial charge in [0.25, 0.3) is 0 Å². The molecule has 1 rings (SSSR count). The highest BCUT2D eigenvalue weighted by atomic mass is 35.5. The van der Waals surface area contributed by atoms with Crippen LogP contribution >= 0.6 is 11.6 Å². The number of rotatable bonds is 12. The summed E-state index contributed by atoms with van der Waals surface area (Å²) < 4.78 is 0. The zero-order valence-corrected chi connectivity index (χ0v) is 16.5. The first-order valence-electron chi connectivity index (χ1n) is 9.24. The maximum atomic E-state index is 12.4. The van der Waals surface area contributed by atoms with Crippen LogP contribution in [0.5, 0.6) is 0 Å². The molecule has 5 heteroatoms. The molecule has 4 nitrogen and oxygen atoms in total. The average molecular weight is 367 g/mol. The monoisotopic (exact) mass is 366 g/mol. The van der Waals surface area contributed by atoms with Crippen LogP contribution in [-0.2, 0) is 16.1 Å². The number of halogens is 1. The van der Waals surface area contributed by atoms with Gasteiger partial charge in [0, 0.05) is 6.21 Å². The van der Waals surface area contributed by atoms with Crippen LogP contribution in [0.15, 0.2) is 23.4 Å². The zero-order valence-electron chi connectivity index (χ0n) is 15.8. The van der Waals surface area contributed by atoms with Crippen molar-refractivity contribution in [1.82, 2.24) is 0 Å². The molecule has 140 valence electrons. The van der Waals surface area contributed by atoms with E-state index in [1.165, 1.54) is 19.3 Å². The minimum atomic E-state index is -0.170. The van der Waals surface area contributed by atoms with Crippen LogP contribution in [0.4, 0.5) is 5.69 Å². The average Bonchev–Trinajstić information content (AvgIpc) is 2.62. The molecule has 0 saturated carbocycles. The molecule has 0 heterocycles. The number of oxime groups is 1. The van der Waals surface area contributed by atoms with Gasteiger partial charge in [0.15, 0.2) is 6.73 Å². The molecular weight excluding hydrogens is 336 g/mol. The van der Waals surface area contributed by atoms with Crippen LogP contribution in [0.2, 0.25) is 0 Å². The standard InChI is InChI=1S/C20H31ClN2O2/c1-4-6-8-9-12-18-13-10-11-17(3)20(18)23(19(24)15-21)16-25-22-14-7-5-2/h10-11,13-14H,4-9,12,15-16H2,1-3H3/b22-14-. The fourth-order valence-corrected chi connectivity index (χ4v) is 2.85. The predicted octanol–water partition coefficient (Wildman–Crippen LogP) is 5.45. The van der Waals surface area contributed by atoms with E-state index < -0.39 is 0 Å². The first kappa shape index (κ1) is 21.5. The van der Waals surface area contributed by atoms with Crippen molar-refractivity contribution in [1.29, 1.82) is 0 Å². The van der Waals surface area contributed by atoms with Crippen LogP contribution < -0.4 is 4.90 Å². The Hall–Kier alpha value is -1.55. The van der Waals surface area contributed by atoms with Gasteiger partial charge in [-0.2, -0.15) is 0 Å². The fourth-order valence-electron chi connectivity index (χ4n) is 2.71. The summed E-state index contributed by atoms with van der Waals surface area (Å²) in [5.41, 5.74) is 3.12. The number of nitrogens with zero attached hydrogens (tertiary/aromatic N) is 2. The summed E-state index contributed by atoms with van der Waals surface area (Å²) in [7, 11) is 0. The second-order valence-electron chi connectivity index (χ2n) is 6.18. The molecule has 0 aliphatic rings. The van der Waals surface area contributed by atoms with Crippen molar-refractivity contribution in [3.8, 4) is 0 Å². The quantitative estimate of drug-likeness (QED) is 0.162. The first-order valence-corrected chi connectivity index (χ1v) is 9.77. The lowest BCUT2D eigenvalue weighted by Gasteiger charge is -2.25. The third kappa shape index (κ3) is 7.47. The summed E-state index contributed by atoms with van der Waals surface area (Å²) in [6, 6.07) is 6.14. The highest BCUT2D eigenvalue weighted by Gasteiger charge is 2.20. The molecule has 0 fully saturated rings. The topological polar surface area (TPSA) is 41.9 Å². The van der Waals surface area contributed by atoms with Gasteiger partial charge in [-0.15, -0.1) is 11.6 Å². The highest BCUT2D eigenvalue weighted by Crippen LogP contribution is 2.27. The van der Waals surface area contributed by atoms with E-state index in [1.807, 2.05) is 19.1 Å². The number of hydrogen-bond acceptors (Lipinski definition) is 3. The lowest BCUT2D eigenvalue weighted by atomic mass is 10.0. The molecule has 0 bridgehead atoms. The summed E-state index contributed by atoms with van der Waals surface area (Å²) in [4.78, 5) is 19.3. The molecule has 1 aromatic rings. The van der Waals surface area contributed by atoms with Gasteiger partial charge in [-0.25, -0.2) is 0 Å². The third-order valence-corrected chi connectivity index (χ3v) is 4.29. The molecule has 0 atom stereocenters. The molecule has 0 saturated heterocycles. The molecule has 1 amide bonds. The third-order valence-electron chi connectivity index (χ3n) is 4.06. The van der Waals surface area contributed by atoms with Crippen LogP contribution in [0.1, 0.15) is 63.5 Å². The Kier molecular flexibility index (Phi) is 11.0.